The number of nitrogens with one attached hydrogen (secondary N) is 1. The molecule has 0 unspecified atom stereocenters. The van der Waals surface area contributed by atoms with Crippen LogP contribution >= 0.6 is 23.2 Å². The second kappa shape index (κ2) is 6.04. The Kier molecular flexibility index (Phi) is 4.39. The zero-order chi connectivity index (χ0) is 13.8. The van der Waals surface area contributed by atoms with Gasteiger partial charge in [0.15, 0.2) is 0 Å². The van der Waals surface area contributed by atoms with Gasteiger partial charge in [0.1, 0.15) is 5.15 Å². The summed E-state index contributed by atoms with van der Waals surface area (Å²) >= 11 is 11.6. The Bertz CT molecular complexity index is 597. The number of rotatable bonds is 4. The maximum atomic E-state index is 11.9. The molecule has 0 aliphatic heterocycles. The number of carbonyl (C=O) groups excluding carboxylic acids is 1. The van der Waals surface area contributed by atoms with Crippen molar-refractivity contribution in [1.82, 2.24) is 20.1 Å². The van der Waals surface area contributed by atoms with Gasteiger partial charge in [-0.15, -0.1) is 0 Å². The lowest BCUT2D eigenvalue weighted by molar-refractivity contribution is 0.0954. The van der Waals surface area contributed by atoms with E-state index in [1.54, 1.807) is 10.9 Å². The van der Waals surface area contributed by atoms with E-state index in [1.807, 2.05) is 13.2 Å². The second-order valence-corrected chi connectivity index (χ2v) is 4.81. The third-order valence-corrected chi connectivity index (χ3v) is 3.03. The van der Waals surface area contributed by atoms with Crippen LogP contribution in [-0.2, 0) is 13.5 Å². The third kappa shape index (κ3) is 3.68. The summed E-state index contributed by atoms with van der Waals surface area (Å²) < 4.78 is 1.72. The van der Waals surface area contributed by atoms with Gasteiger partial charge in [0.25, 0.3) is 5.91 Å². The van der Waals surface area contributed by atoms with Crippen molar-refractivity contribution in [3.63, 3.8) is 0 Å². The zero-order valence-corrected chi connectivity index (χ0v) is 11.7. The first-order valence-corrected chi connectivity index (χ1v) is 6.38. The molecule has 0 aliphatic rings. The van der Waals surface area contributed by atoms with Gasteiger partial charge in [0.05, 0.1) is 16.8 Å². The summed E-state index contributed by atoms with van der Waals surface area (Å²) in [6.07, 6.45) is 5.74. The molecule has 0 aromatic carbocycles. The third-order valence-electron chi connectivity index (χ3n) is 2.52. The van der Waals surface area contributed by atoms with Gasteiger partial charge in [-0.3, -0.25) is 9.48 Å². The molecule has 1 amide bonds. The molecule has 0 radical (unpaired) electrons. The number of amides is 1. The standard InChI is InChI=1S/C12H12Cl2N4O/c1-18-7-8(5-17-18)2-3-15-12(19)9-4-11(14)16-6-10(9)13/h4-7H,2-3H2,1H3,(H,15,19). The maximum absolute atomic E-state index is 11.9. The van der Waals surface area contributed by atoms with E-state index in [1.165, 1.54) is 12.3 Å². The number of halogens is 2. The predicted molar refractivity (Wildman–Crippen MR) is 73.5 cm³/mol. The van der Waals surface area contributed by atoms with Crippen LogP contribution in [0.2, 0.25) is 10.2 Å². The second-order valence-electron chi connectivity index (χ2n) is 4.02. The average molecular weight is 299 g/mol. The fourth-order valence-electron chi connectivity index (χ4n) is 1.60. The van der Waals surface area contributed by atoms with Crippen molar-refractivity contribution >= 4 is 29.1 Å². The Morgan fingerprint density at radius 2 is 2.21 bits per heavy atom. The summed E-state index contributed by atoms with van der Waals surface area (Å²) in [5.74, 6) is -0.266. The number of nitrogens with zero attached hydrogens (tertiary/aromatic N) is 3. The van der Waals surface area contributed by atoms with Crippen molar-refractivity contribution in [1.29, 1.82) is 0 Å². The normalized spacial score (nSPS) is 10.5. The van der Waals surface area contributed by atoms with Crippen LogP contribution in [0, 0.1) is 0 Å². The van der Waals surface area contributed by atoms with Gasteiger partial charge >= 0.3 is 0 Å². The summed E-state index contributed by atoms with van der Waals surface area (Å²) in [5, 5.41) is 7.35. The van der Waals surface area contributed by atoms with E-state index >= 15 is 0 Å². The van der Waals surface area contributed by atoms with Crippen molar-refractivity contribution in [2.24, 2.45) is 7.05 Å². The topological polar surface area (TPSA) is 59.8 Å². The van der Waals surface area contributed by atoms with Crippen molar-refractivity contribution in [3.05, 3.63) is 46.0 Å². The fraction of sp³-hybridized carbons (Fsp3) is 0.250. The minimum absolute atomic E-state index is 0.238. The van der Waals surface area contributed by atoms with E-state index in [2.05, 4.69) is 15.4 Å². The molecule has 0 bridgehead atoms. The van der Waals surface area contributed by atoms with Gasteiger partial charge in [0, 0.05) is 26.0 Å². The van der Waals surface area contributed by atoms with Gasteiger partial charge in [-0.05, 0) is 18.1 Å². The predicted octanol–water partition coefficient (Wildman–Crippen LogP) is 2.09. The molecule has 7 heteroatoms. The van der Waals surface area contributed by atoms with Crippen LogP contribution in [0.1, 0.15) is 15.9 Å². The smallest absolute Gasteiger partial charge is 0.252 e. The molecule has 1 N–H and O–H groups in total. The lowest BCUT2D eigenvalue weighted by Gasteiger charge is -2.06. The highest BCUT2D eigenvalue weighted by Crippen LogP contribution is 2.17. The van der Waals surface area contributed by atoms with Crippen molar-refractivity contribution in [2.75, 3.05) is 6.54 Å². The maximum Gasteiger partial charge on any atom is 0.252 e. The Hall–Kier alpha value is -1.59. The molecule has 2 rings (SSSR count). The summed E-state index contributed by atoms with van der Waals surface area (Å²) in [5.41, 5.74) is 1.38. The molecule has 0 aliphatic carbocycles. The number of pyridine rings is 1. The number of hydrogen-bond acceptors (Lipinski definition) is 3. The Labute approximate surface area is 120 Å². The number of aryl methyl sites for hydroxylation is 1. The minimum atomic E-state index is -0.266. The summed E-state index contributed by atoms with van der Waals surface area (Å²) in [7, 11) is 1.85. The first-order chi connectivity index (χ1) is 9.06. The van der Waals surface area contributed by atoms with Gasteiger partial charge < -0.3 is 5.32 Å². The molecule has 0 saturated heterocycles. The quantitative estimate of drug-likeness (QED) is 0.879. The molecule has 2 aromatic rings. The Morgan fingerprint density at radius 1 is 1.42 bits per heavy atom. The van der Waals surface area contributed by atoms with Crippen LogP contribution in [0.3, 0.4) is 0 Å². The van der Waals surface area contributed by atoms with Crippen molar-refractivity contribution in [2.45, 2.75) is 6.42 Å². The van der Waals surface area contributed by atoms with Gasteiger partial charge in [0.2, 0.25) is 0 Å². The molecule has 2 aromatic heterocycles. The Morgan fingerprint density at radius 3 is 2.89 bits per heavy atom. The lowest BCUT2D eigenvalue weighted by atomic mass is 10.2. The van der Waals surface area contributed by atoms with Gasteiger partial charge in [-0.25, -0.2) is 4.98 Å². The fourth-order valence-corrected chi connectivity index (χ4v) is 1.95. The molecule has 100 valence electrons. The molecular weight excluding hydrogens is 287 g/mol. The summed E-state index contributed by atoms with van der Waals surface area (Å²) in [4.78, 5) is 15.7. The van der Waals surface area contributed by atoms with Gasteiger partial charge in [-0.2, -0.15) is 5.10 Å². The summed E-state index contributed by atoms with van der Waals surface area (Å²) in [6.45, 7) is 0.501. The SMILES string of the molecule is Cn1cc(CCNC(=O)c2cc(Cl)ncc2Cl)cn1. The lowest BCUT2D eigenvalue weighted by Crippen LogP contribution is -2.26. The average Bonchev–Trinajstić information content (AvgIpc) is 2.78. The molecule has 0 fully saturated rings. The highest BCUT2D eigenvalue weighted by Gasteiger charge is 2.11. The van der Waals surface area contributed by atoms with Crippen molar-refractivity contribution in [3.8, 4) is 0 Å². The highest BCUT2D eigenvalue weighted by molar-refractivity contribution is 6.35. The van der Waals surface area contributed by atoms with Gasteiger partial charge in [-0.1, -0.05) is 23.2 Å². The van der Waals surface area contributed by atoms with Crippen LogP contribution in [0.15, 0.2) is 24.7 Å². The van der Waals surface area contributed by atoms with Crippen LogP contribution in [0.4, 0.5) is 0 Å². The molecule has 0 spiro atoms. The molecular formula is C12H12Cl2N4O. The highest BCUT2D eigenvalue weighted by atomic mass is 35.5. The van der Waals surface area contributed by atoms with Crippen molar-refractivity contribution < 1.29 is 4.79 Å². The van der Waals surface area contributed by atoms with E-state index in [-0.39, 0.29) is 16.1 Å². The molecule has 0 atom stereocenters. The Balaban J connectivity index is 1.92. The first kappa shape index (κ1) is 13.8. The van der Waals surface area contributed by atoms with E-state index in [4.69, 9.17) is 23.2 Å². The molecule has 0 saturated carbocycles. The van der Waals surface area contributed by atoms with E-state index in [9.17, 15) is 4.79 Å². The van der Waals surface area contributed by atoms with E-state index in [0.717, 1.165) is 5.56 Å². The molecule has 19 heavy (non-hydrogen) atoms. The summed E-state index contributed by atoms with van der Waals surface area (Å²) in [6, 6.07) is 1.45. The minimum Gasteiger partial charge on any atom is -0.352 e. The van der Waals surface area contributed by atoms with E-state index in [0.29, 0.717) is 18.5 Å². The molecule has 5 nitrogen and oxygen atoms in total. The van der Waals surface area contributed by atoms with Crippen LogP contribution in [-0.4, -0.2) is 27.2 Å². The first-order valence-electron chi connectivity index (χ1n) is 5.63. The largest absolute Gasteiger partial charge is 0.352 e. The molecule has 2 heterocycles. The number of aromatic nitrogens is 3. The zero-order valence-electron chi connectivity index (χ0n) is 10.2. The van der Waals surface area contributed by atoms with Crippen LogP contribution in [0.5, 0.6) is 0 Å². The number of hydrogen-bond donors (Lipinski definition) is 1. The van der Waals surface area contributed by atoms with E-state index < -0.39 is 0 Å². The van der Waals surface area contributed by atoms with Crippen LogP contribution < -0.4 is 5.32 Å². The van der Waals surface area contributed by atoms with Crippen LogP contribution in [0.25, 0.3) is 0 Å². The monoisotopic (exact) mass is 298 g/mol. The number of carbonyl (C=O) groups is 1.